The standard InChI is InChI=1S/C22H25NO6.C14H11N3O3S/c1-12(24)23-16-8-6-13-10-19(27-3)21(28-4)22(29-5)20(13)14-7-9-18(26-2)17(25)11-15(14)16;1-20-14(19)17-13-15-9-5-4-8(7-10(9)16-13)12(18)11-3-2-6-21-11/h7,9-11,16H,6,8H2,1-5H3,(H,23,24);2-7H,1H3,(H2,15,16,17,19)/t16-;/m0./s1. The SMILES string of the molecule is COC(=O)Nc1nc2ccc(C(=O)c3cccs3)cc2[nH]1.COc1cc2c(c(OC)c1OC)-c1ccc(OC)c(=O)cc1[C@@H](NC(C)=O)CC2. The van der Waals surface area contributed by atoms with Gasteiger partial charge in [0, 0.05) is 18.1 Å². The number of rotatable bonds is 8. The summed E-state index contributed by atoms with van der Waals surface area (Å²) in [7, 11) is 7.42. The van der Waals surface area contributed by atoms with E-state index < -0.39 is 6.09 Å². The highest BCUT2D eigenvalue weighted by Gasteiger charge is 2.29. The van der Waals surface area contributed by atoms with Crippen LogP contribution in [0, 0.1) is 0 Å². The Bertz CT molecular complexity index is 2110. The number of benzene rings is 2. The Morgan fingerprint density at radius 2 is 1.66 bits per heavy atom. The molecule has 1 atom stereocenters. The van der Waals surface area contributed by atoms with Gasteiger partial charge in [-0.2, -0.15) is 0 Å². The van der Waals surface area contributed by atoms with Crippen LogP contribution >= 0.6 is 11.3 Å². The summed E-state index contributed by atoms with van der Waals surface area (Å²) in [6.07, 6.45) is 0.661. The molecule has 5 aromatic rings. The van der Waals surface area contributed by atoms with Gasteiger partial charge in [0.25, 0.3) is 0 Å². The zero-order valence-electron chi connectivity index (χ0n) is 28.3. The van der Waals surface area contributed by atoms with Crippen LogP contribution in [-0.4, -0.2) is 63.3 Å². The average molecular weight is 701 g/mol. The number of nitrogens with one attached hydrogen (secondary N) is 3. The largest absolute Gasteiger partial charge is 0.493 e. The number of hydrogen-bond acceptors (Lipinski definition) is 11. The number of ether oxygens (including phenoxy) is 5. The van der Waals surface area contributed by atoms with Crippen LogP contribution in [0.4, 0.5) is 10.7 Å². The number of aryl methyl sites for hydroxylation is 1. The molecule has 0 aliphatic heterocycles. The first-order valence-corrected chi connectivity index (χ1v) is 16.2. The van der Waals surface area contributed by atoms with Crippen molar-refractivity contribution < 1.29 is 38.1 Å². The highest BCUT2D eigenvalue weighted by molar-refractivity contribution is 7.12. The number of nitrogens with zero attached hydrogens (tertiary/aromatic N) is 1. The molecule has 3 aromatic carbocycles. The second-order valence-electron chi connectivity index (χ2n) is 11.0. The molecule has 2 amide bonds. The molecule has 14 heteroatoms. The number of carbonyl (C=O) groups is 3. The lowest BCUT2D eigenvalue weighted by molar-refractivity contribution is -0.119. The third-order valence-corrected chi connectivity index (χ3v) is 8.86. The Labute approximate surface area is 291 Å². The lowest BCUT2D eigenvalue weighted by Gasteiger charge is -2.19. The number of thiophene rings is 1. The Kier molecular flexibility index (Phi) is 11.0. The zero-order chi connectivity index (χ0) is 35.9. The average Bonchev–Trinajstić information content (AvgIpc) is 3.73. The van der Waals surface area contributed by atoms with Crippen LogP contribution in [0.1, 0.15) is 45.7 Å². The van der Waals surface area contributed by atoms with Gasteiger partial charge in [-0.15, -0.1) is 11.3 Å². The molecule has 50 heavy (non-hydrogen) atoms. The van der Waals surface area contributed by atoms with Gasteiger partial charge in [-0.05, 0) is 77.4 Å². The summed E-state index contributed by atoms with van der Waals surface area (Å²) in [6, 6.07) is 15.4. The fourth-order valence-corrected chi connectivity index (χ4v) is 6.46. The number of H-pyrrole nitrogens is 1. The van der Waals surface area contributed by atoms with E-state index in [0.29, 0.717) is 57.1 Å². The summed E-state index contributed by atoms with van der Waals surface area (Å²) in [4.78, 5) is 55.7. The minimum atomic E-state index is -0.607. The maximum atomic E-state index is 12.6. The van der Waals surface area contributed by atoms with Crippen molar-refractivity contribution in [1.29, 1.82) is 0 Å². The molecule has 6 rings (SSSR count). The van der Waals surface area contributed by atoms with E-state index in [0.717, 1.165) is 16.7 Å². The molecule has 0 saturated heterocycles. The zero-order valence-corrected chi connectivity index (χ0v) is 29.1. The lowest BCUT2D eigenvalue weighted by Crippen LogP contribution is -2.26. The highest BCUT2D eigenvalue weighted by atomic mass is 32.1. The second-order valence-corrected chi connectivity index (χ2v) is 11.9. The van der Waals surface area contributed by atoms with Crippen molar-refractivity contribution in [2.45, 2.75) is 25.8 Å². The molecule has 0 fully saturated rings. The van der Waals surface area contributed by atoms with E-state index in [2.05, 4.69) is 25.3 Å². The predicted octanol–water partition coefficient (Wildman–Crippen LogP) is 5.91. The molecule has 0 spiro atoms. The van der Waals surface area contributed by atoms with Crippen LogP contribution in [0.15, 0.2) is 64.8 Å². The molecular formula is C36H36N4O9S. The summed E-state index contributed by atoms with van der Waals surface area (Å²) in [5, 5.41) is 7.27. The number of aromatic nitrogens is 2. The molecule has 13 nitrogen and oxygen atoms in total. The van der Waals surface area contributed by atoms with Crippen LogP contribution in [0.2, 0.25) is 0 Å². The van der Waals surface area contributed by atoms with Gasteiger partial charge >= 0.3 is 6.09 Å². The topological polar surface area (TPSA) is 167 Å². The molecule has 260 valence electrons. The third-order valence-electron chi connectivity index (χ3n) is 7.99. The van der Waals surface area contributed by atoms with E-state index in [9.17, 15) is 19.2 Å². The smallest absolute Gasteiger partial charge is 0.413 e. The van der Waals surface area contributed by atoms with Crippen molar-refractivity contribution in [2.24, 2.45) is 0 Å². The first-order valence-electron chi connectivity index (χ1n) is 15.4. The van der Waals surface area contributed by atoms with Gasteiger partial charge in [-0.3, -0.25) is 19.7 Å². The number of ketones is 1. The molecule has 1 aliphatic carbocycles. The Balaban J connectivity index is 0.000000204. The Morgan fingerprint density at radius 3 is 2.30 bits per heavy atom. The Morgan fingerprint density at radius 1 is 0.900 bits per heavy atom. The third kappa shape index (κ3) is 7.39. The fraction of sp³-hybridized carbons (Fsp3) is 0.250. The van der Waals surface area contributed by atoms with Crippen LogP contribution in [0.5, 0.6) is 23.0 Å². The van der Waals surface area contributed by atoms with E-state index in [4.69, 9.17) is 18.9 Å². The normalized spacial score (nSPS) is 13.0. The molecule has 1 aliphatic rings. The van der Waals surface area contributed by atoms with Crippen LogP contribution in [0.3, 0.4) is 0 Å². The molecular weight excluding hydrogens is 664 g/mol. The van der Waals surface area contributed by atoms with Crippen molar-refractivity contribution in [3.8, 4) is 34.1 Å². The molecule has 0 radical (unpaired) electrons. The minimum absolute atomic E-state index is 0.0380. The van der Waals surface area contributed by atoms with E-state index in [1.54, 1.807) is 51.7 Å². The Hall–Kier alpha value is -5.89. The van der Waals surface area contributed by atoms with E-state index in [1.807, 2.05) is 23.6 Å². The van der Waals surface area contributed by atoms with Crippen molar-refractivity contribution in [3.05, 3.63) is 91.8 Å². The molecule has 0 saturated carbocycles. The molecule has 3 N–H and O–H groups in total. The first kappa shape index (κ1) is 35.4. The summed E-state index contributed by atoms with van der Waals surface area (Å²) in [5.41, 5.74) is 4.90. The quantitative estimate of drug-likeness (QED) is 0.166. The van der Waals surface area contributed by atoms with Gasteiger partial charge in [0.1, 0.15) is 0 Å². The van der Waals surface area contributed by atoms with Crippen molar-refractivity contribution in [1.82, 2.24) is 15.3 Å². The van der Waals surface area contributed by atoms with E-state index in [1.165, 1.54) is 38.5 Å². The number of hydrogen-bond donors (Lipinski definition) is 3. The summed E-state index contributed by atoms with van der Waals surface area (Å²) in [6.45, 7) is 1.46. The van der Waals surface area contributed by atoms with Gasteiger partial charge in [0.2, 0.25) is 28.8 Å². The van der Waals surface area contributed by atoms with E-state index >= 15 is 0 Å². The summed E-state index contributed by atoms with van der Waals surface area (Å²) in [5.74, 6) is 1.84. The van der Waals surface area contributed by atoms with Gasteiger partial charge in [-0.1, -0.05) is 12.1 Å². The highest BCUT2D eigenvalue weighted by Crippen LogP contribution is 2.50. The second kappa shape index (κ2) is 15.6. The fourth-order valence-electron chi connectivity index (χ4n) is 5.77. The number of anilines is 1. The molecule has 0 unspecified atom stereocenters. The molecule has 0 bridgehead atoms. The van der Waals surface area contributed by atoms with E-state index in [-0.39, 0.29) is 34.9 Å². The van der Waals surface area contributed by atoms with Crippen LogP contribution in [-0.2, 0) is 16.0 Å². The van der Waals surface area contributed by atoms with Crippen molar-refractivity contribution in [3.63, 3.8) is 0 Å². The van der Waals surface area contributed by atoms with Gasteiger partial charge in [-0.25, -0.2) is 9.78 Å². The lowest BCUT2D eigenvalue weighted by atomic mass is 9.95. The number of methoxy groups -OCH3 is 5. The molecule has 2 aromatic heterocycles. The molecule has 2 heterocycles. The first-order chi connectivity index (χ1) is 24.1. The summed E-state index contributed by atoms with van der Waals surface area (Å²) < 4.78 is 26.5. The van der Waals surface area contributed by atoms with Gasteiger partial charge < -0.3 is 34.0 Å². The van der Waals surface area contributed by atoms with Crippen LogP contribution in [0.25, 0.3) is 22.2 Å². The summed E-state index contributed by atoms with van der Waals surface area (Å²) >= 11 is 1.40. The maximum absolute atomic E-state index is 12.6. The number of carbonyl (C=O) groups excluding carboxylic acids is 3. The monoisotopic (exact) mass is 700 g/mol. The van der Waals surface area contributed by atoms with Crippen LogP contribution < -0.4 is 35.0 Å². The number of fused-ring (bicyclic) bond motifs is 4. The predicted molar refractivity (Wildman–Crippen MR) is 189 cm³/mol. The number of imidazole rings is 1. The van der Waals surface area contributed by atoms with Gasteiger partial charge in [0.05, 0.1) is 57.5 Å². The minimum Gasteiger partial charge on any atom is -0.493 e. The number of amides is 2. The maximum Gasteiger partial charge on any atom is 0.413 e. The van der Waals surface area contributed by atoms with Crippen molar-refractivity contribution >= 4 is 46.1 Å². The van der Waals surface area contributed by atoms with Gasteiger partial charge in [0.15, 0.2) is 17.2 Å². The van der Waals surface area contributed by atoms with Crippen molar-refractivity contribution in [2.75, 3.05) is 40.9 Å². The number of aromatic amines is 1.